The Kier molecular flexibility index (Phi) is 5.54. The molecule has 0 bridgehead atoms. The van der Waals surface area contributed by atoms with E-state index in [-0.39, 0.29) is 17.4 Å². The van der Waals surface area contributed by atoms with Gasteiger partial charge in [-0.15, -0.1) is 0 Å². The molecule has 1 amide bonds. The molecule has 29 heavy (non-hydrogen) atoms. The van der Waals surface area contributed by atoms with Crippen molar-refractivity contribution in [3.05, 3.63) is 63.3 Å². The summed E-state index contributed by atoms with van der Waals surface area (Å²) in [6, 6.07) is 5.97. The summed E-state index contributed by atoms with van der Waals surface area (Å²) in [7, 11) is 0. The molecule has 152 valence electrons. The first-order valence-electron chi connectivity index (χ1n) is 9.40. The number of aryl methyl sites for hydroxylation is 1. The summed E-state index contributed by atoms with van der Waals surface area (Å²) in [5.41, 5.74) is 2.46. The number of rotatable bonds is 6. The summed E-state index contributed by atoms with van der Waals surface area (Å²) in [5, 5.41) is 12.3. The molecule has 0 radical (unpaired) electrons. The average molecular weight is 396 g/mol. The number of aromatic amines is 2. The quantitative estimate of drug-likeness (QED) is 0.509. The maximum atomic E-state index is 12.4. The third-order valence-corrected chi connectivity index (χ3v) is 5.05. The van der Waals surface area contributed by atoms with Crippen LogP contribution in [-0.4, -0.2) is 38.0 Å². The zero-order valence-corrected chi connectivity index (χ0v) is 16.7. The molecule has 1 aromatic carbocycles. The summed E-state index contributed by atoms with van der Waals surface area (Å²) >= 11 is 0. The standard InChI is InChI=1S/C21H24N4O4/c1-10(2)17(21(28)29)25-19(26)14-7-5-13(6-8-14)11(3)15-9-22-18-16(15)20(27)24-12(4)23-18/h5-11,17H,1-4H3,(H,25,26)(H,28,29)(H2,22,23,24,27)/t11?,17-/m0/s1. The van der Waals surface area contributed by atoms with Gasteiger partial charge >= 0.3 is 5.97 Å². The highest BCUT2D eigenvalue weighted by molar-refractivity contribution is 5.96. The van der Waals surface area contributed by atoms with E-state index in [9.17, 15) is 19.5 Å². The lowest BCUT2D eigenvalue weighted by Crippen LogP contribution is -2.44. The van der Waals surface area contributed by atoms with E-state index in [2.05, 4.69) is 20.3 Å². The maximum absolute atomic E-state index is 12.4. The van der Waals surface area contributed by atoms with Crippen molar-refractivity contribution in [2.75, 3.05) is 0 Å². The molecule has 0 fully saturated rings. The number of fused-ring (bicyclic) bond motifs is 1. The van der Waals surface area contributed by atoms with E-state index in [1.807, 2.05) is 6.92 Å². The Hall–Kier alpha value is -3.42. The number of carboxylic acids is 1. The van der Waals surface area contributed by atoms with Crippen LogP contribution >= 0.6 is 0 Å². The van der Waals surface area contributed by atoms with Gasteiger partial charge in [0.1, 0.15) is 17.5 Å². The number of carbonyl (C=O) groups is 2. The smallest absolute Gasteiger partial charge is 0.326 e. The van der Waals surface area contributed by atoms with Crippen LogP contribution in [0.15, 0.2) is 35.3 Å². The average Bonchev–Trinajstić information content (AvgIpc) is 3.09. The Balaban J connectivity index is 1.84. The van der Waals surface area contributed by atoms with Gasteiger partial charge in [0.05, 0.1) is 5.39 Å². The zero-order chi connectivity index (χ0) is 21.3. The van der Waals surface area contributed by atoms with Crippen LogP contribution in [-0.2, 0) is 4.79 Å². The second kappa shape index (κ2) is 7.90. The summed E-state index contributed by atoms with van der Waals surface area (Å²) in [5.74, 6) is -1.29. The van der Waals surface area contributed by atoms with Crippen molar-refractivity contribution in [3.63, 3.8) is 0 Å². The number of H-pyrrole nitrogens is 2. The Labute approximate surface area is 167 Å². The van der Waals surface area contributed by atoms with Crippen LogP contribution < -0.4 is 10.9 Å². The number of hydrogen-bond acceptors (Lipinski definition) is 4. The van der Waals surface area contributed by atoms with Crippen molar-refractivity contribution in [1.29, 1.82) is 0 Å². The molecule has 0 saturated carbocycles. The molecule has 0 spiro atoms. The number of nitrogens with zero attached hydrogens (tertiary/aromatic N) is 1. The number of carbonyl (C=O) groups excluding carboxylic acids is 1. The molecule has 3 rings (SSSR count). The molecule has 2 aromatic heterocycles. The Morgan fingerprint density at radius 1 is 1.14 bits per heavy atom. The van der Waals surface area contributed by atoms with Gasteiger partial charge < -0.3 is 20.4 Å². The highest BCUT2D eigenvalue weighted by Crippen LogP contribution is 2.28. The van der Waals surface area contributed by atoms with Gasteiger partial charge in [-0.3, -0.25) is 9.59 Å². The van der Waals surface area contributed by atoms with Crippen LogP contribution in [0.25, 0.3) is 11.0 Å². The van der Waals surface area contributed by atoms with Crippen molar-refractivity contribution < 1.29 is 14.7 Å². The van der Waals surface area contributed by atoms with E-state index in [0.717, 1.165) is 11.1 Å². The number of nitrogens with one attached hydrogen (secondary N) is 3. The molecular weight excluding hydrogens is 372 g/mol. The number of carboxylic acid groups (broad SMARTS) is 1. The second-order valence-electron chi connectivity index (χ2n) is 7.50. The summed E-state index contributed by atoms with van der Waals surface area (Å²) in [6.45, 7) is 7.17. The zero-order valence-electron chi connectivity index (χ0n) is 16.7. The summed E-state index contributed by atoms with van der Waals surface area (Å²) in [6.07, 6.45) is 1.78. The number of amides is 1. The summed E-state index contributed by atoms with van der Waals surface area (Å²) in [4.78, 5) is 46.1. The highest BCUT2D eigenvalue weighted by atomic mass is 16.4. The topological polar surface area (TPSA) is 128 Å². The van der Waals surface area contributed by atoms with Crippen molar-refractivity contribution in [1.82, 2.24) is 20.3 Å². The van der Waals surface area contributed by atoms with Crippen molar-refractivity contribution in [3.8, 4) is 0 Å². The van der Waals surface area contributed by atoms with E-state index < -0.39 is 17.9 Å². The van der Waals surface area contributed by atoms with E-state index in [0.29, 0.717) is 22.4 Å². The van der Waals surface area contributed by atoms with Gasteiger partial charge in [-0.1, -0.05) is 32.9 Å². The van der Waals surface area contributed by atoms with Crippen molar-refractivity contribution >= 4 is 22.9 Å². The van der Waals surface area contributed by atoms with E-state index >= 15 is 0 Å². The van der Waals surface area contributed by atoms with E-state index in [4.69, 9.17) is 0 Å². The van der Waals surface area contributed by atoms with Crippen LogP contribution in [0.2, 0.25) is 0 Å². The number of benzene rings is 1. The van der Waals surface area contributed by atoms with Gasteiger partial charge in [-0.05, 0) is 36.1 Å². The molecule has 0 saturated heterocycles. The van der Waals surface area contributed by atoms with Crippen LogP contribution in [0.4, 0.5) is 0 Å². The number of aromatic nitrogens is 3. The van der Waals surface area contributed by atoms with Crippen LogP contribution in [0.5, 0.6) is 0 Å². The molecule has 3 aromatic rings. The molecule has 2 atom stereocenters. The van der Waals surface area contributed by atoms with Crippen LogP contribution in [0, 0.1) is 12.8 Å². The minimum absolute atomic E-state index is 0.103. The Bertz CT molecular complexity index is 1110. The van der Waals surface area contributed by atoms with Crippen molar-refractivity contribution in [2.24, 2.45) is 5.92 Å². The van der Waals surface area contributed by atoms with Gasteiger partial charge in [0.2, 0.25) is 0 Å². The van der Waals surface area contributed by atoms with E-state index in [1.165, 1.54) is 0 Å². The minimum Gasteiger partial charge on any atom is -0.480 e. The second-order valence-corrected chi connectivity index (χ2v) is 7.50. The maximum Gasteiger partial charge on any atom is 0.326 e. The SMILES string of the molecule is Cc1nc2[nH]cc(C(C)c3ccc(C(=O)N[C@H](C(=O)O)C(C)C)cc3)c2c(=O)[nH]1. The Morgan fingerprint density at radius 3 is 2.38 bits per heavy atom. The molecule has 2 heterocycles. The molecule has 4 N–H and O–H groups in total. The minimum atomic E-state index is -1.06. The molecule has 0 aliphatic heterocycles. The molecule has 0 aliphatic rings. The monoisotopic (exact) mass is 396 g/mol. The van der Waals surface area contributed by atoms with Crippen LogP contribution in [0.1, 0.15) is 54.0 Å². The van der Waals surface area contributed by atoms with Crippen molar-refractivity contribution in [2.45, 2.75) is 39.7 Å². The van der Waals surface area contributed by atoms with Gasteiger partial charge in [-0.2, -0.15) is 0 Å². The predicted octanol–water partition coefficient (Wildman–Crippen LogP) is 2.55. The predicted molar refractivity (Wildman–Crippen MR) is 109 cm³/mol. The van der Waals surface area contributed by atoms with Crippen LogP contribution in [0.3, 0.4) is 0 Å². The molecule has 0 aliphatic carbocycles. The summed E-state index contributed by atoms with van der Waals surface area (Å²) < 4.78 is 0. The van der Waals surface area contributed by atoms with Gasteiger partial charge in [0.15, 0.2) is 0 Å². The first-order valence-corrected chi connectivity index (χ1v) is 9.40. The number of aliphatic carboxylic acids is 1. The fraction of sp³-hybridized carbons (Fsp3) is 0.333. The van der Waals surface area contributed by atoms with E-state index in [1.54, 1.807) is 51.2 Å². The van der Waals surface area contributed by atoms with Gasteiger partial charge in [-0.25, -0.2) is 9.78 Å². The number of hydrogen-bond donors (Lipinski definition) is 4. The Morgan fingerprint density at radius 2 is 1.79 bits per heavy atom. The lowest BCUT2D eigenvalue weighted by molar-refractivity contribution is -0.140. The third-order valence-electron chi connectivity index (χ3n) is 5.05. The lowest BCUT2D eigenvalue weighted by Gasteiger charge is -2.18. The third kappa shape index (κ3) is 4.06. The molecule has 8 heteroatoms. The fourth-order valence-electron chi connectivity index (χ4n) is 3.36. The molecular formula is C21H24N4O4. The molecule has 1 unspecified atom stereocenters. The lowest BCUT2D eigenvalue weighted by atomic mass is 9.92. The highest BCUT2D eigenvalue weighted by Gasteiger charge is 2.24. The first kappa shape index (κ1) is 20.3. The normalized spacial score (nSPS) is 13.4. The fourth-order valence-corrected chi connectivity index (χ4v) is 3.36. The van der Waals surface area contributed by atoms with Gasteiger partial charge in [0, 0.05) is 17.7 Å². The molecule has 8 nitrogen and oxygen atoms in total. The first-order chi connectivity index (χ1) is 13.7. The van der Waals surface area contributed by atoms with Gasteiger partial charge in [0.25, 0.3) is 11.5 Å². The largest absolute Gasteiger partial charge is 0.480 e.